The molecule has 0 saturated carbocycles. The van der Waals surface area contributed by atoms with E-state index in [1.165, 1.54) is 30.6 Å². The van der Waals surface area contributed by atoms with E-state index in [-0.39, 0.29) is 10.0 Å². The number of ether oxygens (including phenoxy) is 1. The van der Waals surface area contributed by atoms with Gasteiger partial charge < -0.3 is 4.74 Å². The van der Waals surface area contributed by atoms with E-state index in [1.54, 1.807) is 6.07 Å². The molecule has 120 valence electrons. The van der Waals surface area contributed by atoms with Crippen LogP contribution in [0.1, 0.15) is 5.56 Å². The molecule has 0 aliphatic rings. The van der Waals surface area contributed by atoms with Crippen molar-refractivity contribution in [2.75, 3.05) is 11.8 Å². The van der Waals surface area contributed by atoms with E-state index in [9.17, 15) is 12.8 Å². The van der Waals surface area contributed by atoms with Gasteiger partial charge in [-0.3, -0.25) is 4.72 Å². The number of anilines is 1. The summed E-state index contributed by atoms with van der Waals surface area (Å²) in [6, 6.07) is 8.28. The predicted molar refractivity (Wildman–Crippen MR) is 88.1 cm³/mol. The van der Waals surface area contributed by atoms with Crippen molar-refractivity contribution in [1.82, 2.24) is 4.98 Å². The zero-order valence-corrected chi connectivity index (χ0v) is 14.0. The molecule has 0 bridgehead atoms. The first-order valence-corrected chi connectivity index (χ1v) is 8.93. The first-order chi connectivity index (χ1) is 10.9. The molecule has 0 aliphatic heterocycles. The van der Waals surface area contributed by atoms with E-state index in [0.717, 1.165) is 22.4 Å². The zero-order valence-electron chi connectivity index (χ0n) is 12.3. The minimum atomic E-state index is -3.82. The Labute approximate surface area is 136 Å². The van der Waals surface area contributed by atoms with Crippen molar-refractivity contribution in [3.8, 4) is 5.75 Å². The van der Waals surface area contributed by atoms with Gasteiger partial charge in [-0.25, -0.2) is 17.8 Å². The van der Waals surface area contributed by atoms with Crippen LogP contribution < -0.4 is 9.46 Å². The van der Waals surface area contributed by atoms with Crippen LogP contribution in [0.3, 0.4) is 0 Å². The summed E-state index contributed by atoms with van der Waals surface area (Å²) < 4.78 is 46.1. The Morgan fingerprint density at radius 3 is 2.52 bits per heavy atom. The molecular formula is C15H13FN2O3S2. The number of hydrogen-bond acceptors (Lipinski definition) is 5. The summed E-state index contributed by atoms with van der Waals surface area (Å²) in [6.45, 7) is 1.91. The lowest BCUT2D eigenvalue weighted by molar-refractivity contribution is 0.419. The van der Waals surface area contributed by atoms with Crippen LogP contribution in [0, 0.1) is 12.7 Å². The number of hydrogen-bond donors (Lipinski definition) is 1. The molecule has 0 spiro atoms. The highest BCUT2D eigenvalue weighted by Crippen LogP contribution is 2.35. The molecule has 8 heteroatoms. The fourth-order valence-corrected chi connectivity index (χ4v) is 4.29. The quantitative estimate of drug-likeness (QED) is 0.780. The van der Waals surface area contributed by atoms with Gasteiger partial charge in [0.2, 0.25) is 0 Å². The Hall–Kier alpha value is -2.19. The van der Waals surface area contributed by atoms with Crippen LogP contribution in [0.5, 0.6) is 5.75 Å². The number of thiazole rings is 1. The summed E-state index contributed by atoms with van der Waals surface area (Å²) in [5.41, 5.74) is 1.58. The molecule has 0 radical (unpaired) electrons. The van der Waals surface area contributed by atoms with Gasteiger partial charge in [0, 0.05) is 0 Å². The van der Waals surface area contributed by atoms with E-state index in [0.29, 0.717) is 11.3 Å². The second-order valence-electron chi connectivity index (χ2n) is 4.84. The number of fused-ring (bicyclic) bond motifs is 1. The van der Waals surface area contributed by atoms with Crippen molar-refractivity contribution in [3.05, 3.63) is 47.8 Å². The third-order valence-corrected chi connectivity index (χ3v) is 5.86. The Morgan fingerprint density at radius 1 is 1.17 bits per heavy atom. The molecule has 23 heavy (non-hydrogen) atoms. The summed E-state index contributed by atoms with van der Waals surface area (Å²) in [5, 5.41) is 0.233. The summed E-state index contributed by atoms with van der Waals surface area (Å²) in [6.07, 6.45) is 0. The SMILES string of the molecule is COc1ccc(C)c2sc(NS(=O)(=O)c3ccc(F)cc3)nc12. The molecule has 0 fully saturated rings. The molecule has 5 nitrogen and oxygen atoms in total. The molecule has 1 aromatic heterocycles. The first-order valence-electron chi connectivity index (χ1n) is 6.63. The van der Waals surface area contributed by atoms with Crippen LogP contribution in [0.4, 0.5) is 9.52 Å². The summed E-state index contributed by atoms with van der Waals surface area (Å²) in [4.78, 5) is 4.28. The van der Waals surface area contributed by atoms with Crippen molar-refractivity contribution >= 4 is 36.7 Å². The Bertz CT molecular complexity index is 966. The van der Waals surface area contributed by atoms with E-state index in [4.69, 9.17) is 4.74 Å². The van der Waals surface area contributed by atoms with Crippen LogP contribution >= 0.6 is 11.3 Å². The van der Waals surface area contributed by atoms with Gasteiger partial charge in [0.05, 0.1) is 16.7 Å². The van der Waals surface area contributed by atoms with Gasteiger partial charge >= 0.3 is 0 Å². The normalized spacial score (nSPS) is 11.6. The topological polar surface area (TPSA) is 68.3 Å². The maximum Gasteiger partial charge on any atom is 0.263 e. The lowest BCUT2D eigenvalue weighted by Gasteiger charge is -2.04. The highest BCUT2D eigenvalue weighted by molar-refractivity contribution is 7.93. The van der Waals surface area contributed by atoms with Crippen molar-refractivity contribution in [3.63, 3.8) is 0 Å². The molecule has 1 heterocycles. The van der Waals surface area contributed by atoms with Crippen molar-refractivity contribution < 1.29 is 17.5 Å². The molecule has 0 aliphatic carbocycles. The van der Waals surface area contributed by atoms with Crippen molar-refractivity contribution in [2.45, 2.75) is 11.8 Å². The van der Waals surface area contributed by atoms with Crippen LogP contribution in [0.15, 0.2) is 41.3 Å². The van der Waals surface area contributed by atoms with Crippen LogP contribution in [-0.4, -0.2) is 20.5 Å². The van der Waals surface area contributed by atoms with Gasteiger partial charge in [-0.2, -0.15) is 0 Å². The Kier molecular flexibility index (Phi) is 3.95. The lowest BCUT2D eigenvalue weighted by atomic mass is 10.2. The second-order valence-corrected chi connectivity index (χ2v) is 7.52. The maximum absolute atomic E-state index is 12.9. The maximum atomic E-state index is 12.9. The number of nitrogens with one attached hydrogen (secondary N) is 1. The number of benzene rings is 2. The Morgan fingerprint density at radius 2 is 1.87 bits per heavy atom. The molecule has 0 unspecified atom stereocenters. The molecule has 3 rings (SSSR count). The molecule has 0 atom stereocenters. The van der Waals surface area contributed by atoms with Crippen LogP contribution in [0.2, 0.25) is 0 Å². The number of sulfonamides is 1. The minimum Gasteiger partial charge on any atom is -0.494 e. The third kappa shape index (κ3) is 2.99. The lowest BCUT2D eigenvalue weighted by Crippen LogP contribution is -2.12. The monoisotopic (exact) mass is 352 g/mol. The molecule has 2 aromatic carbocycles. The minimum absolute atomic E-state index is 0.0261. The molecular weight excluding hydrogens is 339 g/mol. The van der Waals surface area contributed by atoms with Gasteiger partial charge in [-0.1, -0.05) is 17.4 Å². The summed E-state index contributed by atoms with van der Waals surface area (Å²) in [5.74, 6) is 0.0818. The Balaban J connectivity index is 2.01. The number of rotatable bonds is 4. The van der Waals surface area contributed by atoms with Crippen LogP contribution in [0.25, 0.3) is 10.2 Å². The van der Waals surface area contributed by atoms with Gasteiger partial charge in [0.15, 0.2) is 5.13 Å². The standard InChI is InChI=1S/C15H13FN2O3S2/c1-9-3-8-12(21-2)13-14(9)22-15(17-13)18-23(19,20)11-6-4-10(16)5-7-11/h3-8H,1-2H3,(H,17,18). The fraction of sp³-hybridized carbons (Fsp3) is 0.133. The predicted octanol–water partition coefficient (Wildman–Crippen LogP) is 3.55. The fourth-order valence-electron chi connectivity index (χ4n) is 2.11. The second kappa shape index (κ2) is 5.78. The van der Waals surface area contributed by atoms with E-state index in [2.05, 4.69) is 9.71 Å². The van der Waals surface area contributed by atoms with Crippen molar-refractivity contribution in [1.29, 1.82) is 0 Å². The number of nitrogens with zero attached hydrogens (tertiary/aromatic N) is 1. The highest BCUT2D eigenvalue weighted by Gasteiger charge is 2.18. The van der Waals surface area contributed by atoms with E-state index < -0.39 is 15.8 Å². The van der Waals surface area contributed by atoms with Gasteiger partial charge in [-0.05, 0) is 42.8 Å². The zero-order chi connectivity index (χ0) is 16.6. The van der Waals surface area contributed by atoms with Gasteiger partial charge in [-0.15, -0.1) is 0 Å². The van der Waals surface area contributed by atoms with Crippen molar-refractivity contribution in [2.24, 2.45) is 0 Å². The largest absolute Gasteiger partial charge is 0.494 e. The molecule has 0 amide bonds. The first kappa shape index (κ1) is 15.7. The summed E-state index contributed by atoms with van der Waals surface area (Å²) >= 11 is 1.22. The average Bonchev–Trinajstić information content (AvgIpc) is 2.92. The van der Waals surface area contributed by atoms with Gasteiger partial charge in [0.25, 0.3) is 10.0 Å². The molecule has 1 N–H and O–H groups in total. The number of aromatic nitrogens is 1. The molecule has 0 saturated heterocycles. The van der Waals surface area contributed by atoms with Crippen LogP contribution in [-0.2, 0) is 10.0 Å². The number of halogens is 1. The average molecular weight is 352 g/mol. The smallest absolute Gasteiger partial charge is 0.263 e. The number of aryl methyl sites for hydroxylation is 1. The number of methoxy groups -OCH3 is 1. The van der Waals surface area contributed by atoms with E-state index in [1.807, 2.05) is 13.0 Å². The van der Waals surface area contributed by atoms with Gasteiger partial charge in [0.1, 0.15) is 17.1 Å². The van der Waals surface area contributed by atoms with E-state index >= 15 is 0 Å². The summed E-state index contributed by atoms with van der Waals surface area (Å²) in [7, 11) is -2.29. The third-order valence-electron chi connectivity index (χ3n) is 3.27. The highest BCUT2D eigenvalue weighted by atomic mass is 32.2. The molecule has 3 aromatic rings.